The monoisotopic (exact) mass is 273 g/mol. The Hall–Kier alpha value is -2.10. The van der Waals surface area contributed by atoms with Crippen LogP contribution in [0.4, 0.5) is 5.82 Å². The average Bonchev–Trinajstić information content (AvgIpc) is 2.88. The van der Waals surface area contributed by atoms with Gasteiger partial charge in [0, 0.05) is 18.8 Å². The number of nitrogens with one attached hydrogen (secondary N) is 1. The van der Waals surface area contributed by atoms with Gasteiger partial charge in [0.25, 0.3) is 0 Å². The van der Waals surface area contributed by atoms with Gasteiger partial charge in [-0.3, -0.25) is 9.48 Å². The molecule has 0 saturated heterocycles. The van der Waals surface area contributed by atoms with E-state index in [9.17, 15) is 4.79 Å². The molecule has 1 aromatic carbocycles. The van der Waals surface area contributed by atoms with Crippen molar-refractivity contribution in [2.24, 2.45) is 0 Å². The van der Waals surface area contributed by atoms with Crippen LogP contribution in [0.2, 0.25) is 0 Å². The predicted molar refractivity (Wildman–Crippen MR) is 82.9 cm³/mol. The number of carbonyl (C=O) groups excluding carboxylic acids is 1. The van der Waals surface area contributed by atoms with E-state index in [4.69, 9.17) is 0 Å². The zero-order valence-electron chi connectivity index (χ0n) is 12.6. The fourth-order valence-electron chi connectivity index (χ4n) is 1.70. The van der Waals surface area contributed by atoms with Crippen LogP contribution < -0.4 is 5.32 Å². The van der Waals surface area contributed by atoms with E-state index >= 15 is 0 Å². The molecule has 1 aromatic heterocycles. The van der Waals surface area contributed by atoms with Crippen molar-refractivity contribution >= 4 is 12.2 Å². The number of aryl methyl sites for hydroxylation is 2. The standard InChI is InChI=1S/C10H14.C6H9N3O/c1-8(2)10-6-4-5-9(3)7-10;1-2-9-4-3-6(8-9)7-5-10/h4-8H,1-3H3;3-5H,2H2,1H3,(H,7,8,10). The molecule has 0 fully saturated rings. The first kappa shape index (κ1) is 16.0. The van der Waals surface area contributed by atoms with Crippen LogP contribution in [-0.4, -0.2) is 16.2 Å². The van der Waals surface area contributed by atoms with E-state index in [-0.39, 0.29) is 0 Å². The van der Waals surface area contributed by atoms with Crippen molar-refractivity contribution in [1.29, 1.82) is 0 Å². The van der Waals surface area contributed by atoms with Crippen molar-refractivity contribution in [1.82, 2.24) is 9.78 Å². The van der Waals surface area contributed by atoms with Gasteiger partial charge in [0.15, 0.2) is 5.82 Å². The minimum absolute atomic E-state index is 0.594. The highest BCUT2D eigenvalue weighted by molar-refractivity contribution is 5.68. The van der Waals surface area contributed by atoms with Crippen molar-refractivity contribution in [3.63, 3.8) is 0 Å². The van der Waals surface area contributed by atoms with E-state index in [0.29, 0.717) is 18.1 Å². The van der Waals surface area contributed by atoms with Crippen molar-refractivity contribution in [2.45, 2.75) is 40.2 Å². The Kier molecular flexibility index (Phi) is 6.50. The normalized spacial score (nSPS) is 9.85. The third kappa shape index (κ3) is 5.26. The molecule has 0 spiro atoms. The first-order valence-corrected chi connectivity index (χ1v) is 6.87. The largest absolute Gasteiger partial charge is 0.312 e. The van der Waals surface area contributed by atoms with Crippen LogP contribution >= 0.6 is 0 Å². The minimum atomic E-state index is 0.594. The number of hydrogen-bond donors (Lipinski definition) is 1. The van der Waals surface area contributed by atoms with Crippen molar-refractivity contribution < 1.29 is 4.79 Å². The van der Waals surface area contributed by atoms with Crippen LogP contribution in [0.15, 0.2) is 36.5 Å². The maximum absolute atomic E-state index is 9.91. The molecule has 1 N–H and O–H groups in total. The van der Waals surface area contributed by atoms with Gasteiger partial charge in [-0.15, -0.1) is 0 Å². The second-order valence-corrected chi connectivity index (χ2v) is 4.89. The predicted octanol–water partition coefficient (Wildman–Crippen LogP) is 3.59. The number of carbonyl (C=O) groups is 1. The summed E-state index contributed by atoms with van der Waals surface area (Å²) < 4.78 is 1.74. The van der Waals surface area contributed by atoms with Crippen LogP contribution in [-0.2, 0) is 11.3 Å². The first-order valence-electron chi connectivity index (χ1n) is 6.87. The van der Waals surface area contributed by atoms with Crippen LogP contribution in [0, 0.1) is 6.92 Å². The number of nitrogens with zero attached hydrogens (tertiary/aromatic N) is 2. The molecule has 1 amide bonds. The number of anilines is 1. The third-order valence-electron chi connectivity index (χ3n) is 2.88. The zero-order chi connectivity index (χ0) is 15.0. The molecule has 4 heteroatoms. The van der Waals surface area contributed by atoms with Gasteiger partial charge in [-0.1, -0.05) is 43.7 Å². The molecule has 20 heavy (non-hydrogen) atoms. The van der Waals surface area contributed by atoms with Crippen LogP contribution in [0.5, 0.6) is 0 Å². The summed E-state index contributed by atoms with van der Waals surface area (Å²) in [6, 6.07) is 10.4. The van der Waals surface area contributed by atoms with Gasteiger partial charge in [-0.25, -0.2) is 0 Å². The molecule has 4 nitrogen and oxygen atoms in total. The fourth-order valence-corrected chi connectivity index (χ4v) is 1.70. The summed E-state index contributed by atoms with van der Waals surface area (Å²) >= 11 is 0. The number of rotatable bonds is 4. The highest BCUT2D eigenvalue weighted by Crippen LogP contribution is 2.14. The summed E-state index contributed by atoms with van der Waals surface area (Å²) in [7, 11) is 0. The molecule has 0 unspecified atom stereocenters. The molecular weight excluding hydrogens is 250 g/mol. The van der Waals surface area contributed by atoms with Gasteiger partial charge in [0.1, 0.15) is 0 Å². The van der Waals surface area contributed by atoms with E-state index < -0.39 is 0 Å². The molecular formula is C16H23N3O. The van der Waals surface area contributed by atoms with Crippen LogP contribution in [0.3, 0.4) is 0 Å². The lowest BCUT2D eigenvalue weighted by molar-refractivity contribution is -0.105. The Morgan fingerprint density at radius 1 is 1.35 bits per heavy atom. The van der Waals surface area contributed by atoms with Crippen molar-refractivity contribution in [3.05, 3.63) is 47.7 Å². The lowest BCUT2D eigenvalue weighted by Gasteiger charge is -2.04. The summed E-state index contributed by atoms with van der Waals surface area (Å²) in [5, 5.41) is 6.44. The van der Waals surface area contributed by atoms with Gasteiger partial charge in [-0.2, -0.15) is 5.10 Å². The molecule has 0 radical (unpaired) electrons. The molecule has 0 bridgehead atoms. The number of hydrogen-bond acceptors (Lipinski definition) is 2. The third-order valence-corrected chi connectivity index (χ3v) is 2.88. The molecule has 0 aliphatic carbocycles. The molecule has 0 saturated carbocycles. The van der Waals surface area contributed by atoms with Crippen molar-refractivity contribution in [2.75, 3.05) is 5.32 Å². The van der Waals surface area contributed by atoms with E-state index in [0.717, 1.165) is 6.54 Å². The lowest BCUT2D eigenvalue weighted by Crippen LogP contribution is -1.98. The molecule has 0 aliphatic heterocycles. The second-order valence-electron chi connectivity index (χ2n) is 4.89. The highest BCUT2D eigenvalue weighted by atomic mass is 16.1. The topological polar surface area (TPSA) is 46.9 Å². The van der Waals surface area contributed by atoms with E-state index in [1.807, 2.05) is 13.1 Å². The maximum atomic E-state index is 9.91. The van der Waals surface area contributed by atoms with E-state index in [1.54, 1.807) is 10.7 Å². The Labute approximate surface area is 120 Å². The summed E-state index contributed by atoms with van der Waals surface area (Å²) in [5.41, 5.74) is 2.78. The van der Waals surface area contributed by atoms with Gasteiger partial charge in [0.2, 0.25) is 6.41 Å². The van der Waals surface area contributed by atoms with E-state index in [1.165, 1.54) is 11.1 Å². The molecule has 0 atom stereocenters. The van der Waals surface area contributed by atoms with Gasteiger partial charge < -0.3 is 5.32 Å². The van der Waals surface area contributed by atoms with Crippen LogP contribution in [0.25, 0.3) is 0 Å². The SMILES string of the molecule is CCn1ccc(NC=O)n1.Cc1cccc(C(C)C)c1. The Morgan fingerprint density at radius 3 is 2.55 bits per heavy atom. The zero-order valence-corrected chi connectivity index (χ0v) is 12.6. The molecule has 2 aromatic rings. The summed E-state index contributed by atoms with van der Waals surface area (Å²) in [6.07, 6.45) is 2.42. The molecule has 0 aliphatic rings. The lowest BCUT2D eigenvalue weighted by atomic mass is 10.0. The second kappa shape index (κ2) is 8.15. The quantitative estimate of drug-likeness (QED) is 0.865. The number of benzene rings is 1. The molecule has 1 heterocycles. The smallest absolute Gasteiger partial charge is 0.212 e. The summed E-state index contributed by atoms with van der Waals surface area (Å²) in [5.74, 6) is 1.25. The molecule has 2 rings (SSSR count). The Morgan fingerprint density at radius 2 is 2.10 bits per heavy atom. The van der Waals surface area contributed by atoms with Gasteiger partial charge >= 0.3 is 0 Å². The van der Waals surface area contributed by atoms with Gasteiger partial charge in [-0.05, 0) is 25.3 Å². The average molecular weight is 273 g/mol. The summed E-state index contributed by atoms with van der Waals surface area (Å²) in [4.78, 5) is 9.91. The summed E-state index contributed by atoms with van der Waals surface area (Å²) in [6.45, 7) is 9.37. The highest BCUT2D eigenvalue weighted by Gasteiger charge is 1.96. The number of amides is 1. The van der Waals surface area contributed by atoms with Gasteiger partial charge in [0.05, 0.1) is 0 Å². The Bertz CT molecular complexity index is 532. The fraction of sp³-hybridized carbons (Fsp3) is 0.375. The number of aromatic nitrogens is 2. The minimum Gasteiger partial charge on any atom is -0.312 e. The Balaban J connectivity index is 0.000000200. The van der Waals surface area contributed by atoms with Crippen LogP contribution in [0.1, 0.15) is 37.8 Å². The molecule has 108 valence electrons. The maximum Gasteiger partial charge on any atom is 0.212 e. The first-order chi connectivity index (χ1) is 9.56. The van der Waals surface area contributed by atoms with E-state index in [2.05, 4.69) is 55.5 Å². The van der Waals surface area contributed by atoms with Crippen molar-refractivity contribution in [3.8, 4) is 0 Å².